The third-order valence-electron chi connectivity index (χ3n) is 16.5. The van der Waals surface area contributed by atoms with Gasteiger partial charge in [0.2, 0.25) is 59.1 Å². The molecule has 0 aliphatic heterocycles. The molecule has 27 nitrogen and oxygen atoms in total. The van der Waals surface area contributed by atoms with Gasteiger partial charge in [0, 0.05) is 252 Å². The standard InChI is InChI=1S/C10H21NO2.3C9H19NO2.C9H19NO.2C8H17NO2.C8H17NO.C7H15NO2.C7H15NO/c1-5-9(13-6-2)7-8-10(12)11(3)4;1-5-8(12-4)6-7-9(11)10(2)3;1-5-12-8(2)6-7-9(11)10(3)4;1-10(2)9(12)7-5-3-4-6-8-11;1-4-5-6-7-8-9(11)10(2)3;1-7(11-4)5-6-8(10)9(2)3;1-9(2)8(11)6-4-3-5-7-10;1-4-5-6-7-8(10)9(2)3;1-8(2)7(10)5-3-4-6-9;1-4-5-6-7(9)8(2)3/h9H,5-8H2,1-4H3;2*8H,5-7H2,1-4H3;11H,3-8H2,1-2H3;4-8H2,1-3H3;7H,5-6H2,1-4H3;10H,3-7H2,1-2H3;4-7H2,1-3H3;9H,3-6H2,1-2H3;4-6H2,1-3H3. The van der Waals surface area contributed by atoms with Crippen LogP contribution in [0.25, 0.3) is 0 Å². The van der Waals surface area contributed by atoms with Gasteiger partial charge in [-0.05, 0) is 124 Å². The predicted molar refractivity (Wildman–Crippen MR) is 457 cm³/mol. The Labute approximate surface area is 680 Å². The Morgan fingerprint density at radius 3 is 0.703 bits per heavy atom. The maximum Gasteiger partial charge on any atom is 0.222 e. The number of carbonyl (C=O) groups is 10. The molecule has 0 aromatic rings. The average Bonchev–Trinajstić information content (AvgIpc) is 0.998. The molecule has 0 aromatic heterocycles. The molecular formula is C84H178N10O17. The molecule has 0 rings (SSSR count). The molecule has 0 aliphatic carbocycles. The Morgan fingerprint density at radius 1 is 0.243 bits per heavy atom. The van der Waals surface area contributed by atoms with Gasteiger partial charge in [0.05, 0.1) is 24.4 Å². The van der Waals surface area contributed by atoms with Crippen LogP contribution in [0.2, 0.25) is 0 Å². The first-order valence-corrected chi connectivity index (χ1v) is 41.1. The first-order chi connectivity index (χ1) is 52.0. The van der Waals surface area contributed by atoms with Gasteiger partial charge in [0.15, 0.2) is 0 Å². The summed E-state index contributed by atoms with van der Waals surface area (Å²) in [6, 6.07) is 0. The van der Waals surface area contributed by atoms with Crippen LogP contribution in [-0.4, -0.2) is 336 Å². The van der Waals surface area contributed by atoms with Crippen molar-refractivity contribution in [1.82, 2.24) is 49.0 Å². The van der Waals surface area contributed by atoms with Crippen LogP contribution < -0.4 is 0 Å². The van der Waals surface area contributed by atoms with Crippen LogP contribution >= 0.6 is 0 Å². The van der Waals surface area contributed by atoms with Crippen LogP contribution in [0.15, 0.2) is 0 Å². The van der Waals surface area contributed by atoms with Crippen molar-refractivity contribution in [2.75, 3.05) is 188 Å². The second kappa shape index (κ2) is 93.3. The summed E-state index contributed by atoms with van der Waals surface area (Å²) in [5.74, 6) is 1.90. The van der Waals surface area contributed by atoms with E-state index in [0.29, 0.717) is 64.2 Å². The van der Waals surface area contributed by atoms with Gasteiger partial charge >= 0.3 is 0 Å². The summed E-state index contributed by atoms with van der Waals surface area (Å²) < 4.78 is 20.9. The van der Waals surface area contributed by atoms with Crippen molar-refractivity contribution in [2.45, 2.75) is 305 Å². The highest BCUT2D eigenvalue weighted by atomic mass is 16.5. The predicted octanol–water partition coefficient (Wildman–Crippen LogP) is 12.0. The number of ether oxygens (including phenoxy) is 4. The number of hydrogen-bond acceptors (Lipinski definition) is 17. The highest BCUT2D eigenvalue weighted by Gasteiger charge is 2.13. The first-order valence-electron chi connectivity index (χ1n) is 41.1. The second-order valence-corrected chi connectivity index (χ2v) is 29.1. The summed E-state index contributed by atoms with van der Waals surface area (Å²) in [6.45, 7) is 20.6. The van der Waals surface area contributed by atoms with Crippen LogP contribution in [-0.2, 0) is 66.9 Å². The molecule has 0 saturated heterocycles. The van der Waals surface area contributed by atoms with E-state index in [-0.39, 0.29) is 103 Å². The molecule has 10 amide bonds. The van der Waals surface area contributed by atoms with Crippen LogP contribution in [0.5, 0.6) is 0 Å². The Morgan fingerprint density at radius 2 is 0.450 bits per heavy atom. The summed E-state index contributed by atoms with van der Waals surface area (Å²) in [6.07, 6.45) is 30.5. The summed E-state index contributed by atoms with van der Waals surface area (Å²) in [4.78, 5) is 126. The highest BCUT2D eigenvalue weighted by molar-refractivity contribution is 5.78. The molecule has 0 bridgehead atoms. The van der Waals surface area contributed by atoms with Gasteiger partial charge in [0.1, 0.15) is 0 Å². The molecule has 0 saturated carbocycles. The van der Waals surface area contributed by atoms with Crippen molar-refractivity contribution in [1.29, 1.82) is 0 Å². The molecule has 0 aromatic carbocycles. The van der Waals surface area contributed by atoms with E-state index in [1.54, 1.807) is 190 Å². The number of aliphatic hydroxyl groups excluding tert-OH is 3. The minimum absolute atomic E-state index is 0.133. The lowest BCUT2D eigenvalue weighted by Crippen LogP contribution is -2.23. The number of amides is 10. The Hall–Kier alpha value is -5.58. The van der Waals surface area contributed by atoms with Crippen LogP contribution in [0.3, 0.4) is 0 Å². The molecule has 0 aliphatic rings. The summed E-state index contributed by atoms with van der Waals surface area (Å²) in [5, 5.41) is 25.3. The molecule has 27 heteroatoms. The van der Waals surface area contributed by atoms with E-state index in [0.717, 1.165) is 135 Å². The second-order valence-electron chi connectivity index (χ2n) is 29.1. The molecule has 0 spiro atoms. The smallest absolute Gasteiger partial charge is 0.222 e. The SMILES string of the molecule is CCC(CCC(=O)N(C)C)OC.CCCCC(=O)N(C)C.CCCCCC(=O)N(C)C.CCCCCCC(=O)N(C)C.CCOC(C)CCC(=O)N(C)C.CCOC(CC)CCC(=O)N(C)C.CN(C)C(=O)CCCCCCO.CN(C)C(=O)CCCCCO.CN(C)C(=O)CCCCO.COC(C)CCC(=O)N(C)C. The first kappa shape index (κ1) is 126. The summed E-state index contributed by atoms with van der Waals surface area (Å²) in [7, 11) is 38.9. The van der Waals surface area contributed by atoms with Gasteiger partial charge in [-0.15, -0.1) is 0 Å². The third-order valence-corrected chi connectivity index (χ3v) is 16.5. The number of rotatable bonds is 47. The fraction of sp³-hybridized carbons (Fsp3) is 0.881. The molecule has 4 atom stereocenters. The lowest BCUT2D eigenvalue weighted by Gasteiger charge is -2.16. The van der Waals surface area contributed by atoms with Crippen molar-refractivity contribution in [3.8, 4) is 0 Å². The van der Waals surface area contributed by atoms with Crippen molar-refractivity contribution >= 4 is 59.1 Å². The number of aliphatic hydroxyl groups is 3. The fourth-order valence-electron chi connectivity index (χ4n) is 8.33. The van der Waals surface area contributed by atoms with Crippen LogP contribution in [0.4, 0.5) is 0 Å². The average molecular weight is 1600 g/mol. The Balaban J connectivity index is -0.000000128. The van der Waals surface area contributed by atoms with E-state index in [1.807, 2.05) is 41.8 Å². The summed E-state index contributed by atoms with van der Waals surface area (Å²) in [5.41, 5.74) is 0. The largest absolute Gasteiger partial charge is 0.396 e. The van der Waals surface area contributed by atoms with Crippen molar-refractivity contribution in [3.05, 3.63) is 0 Å². The molecule has 3 N–H and O–H groups in total. The van der Waals surface area contributed by atoms with Crippen molar-refractivity contribution in [2.24, 2.45) is 0 Å². The van der Waals surface area contributed by atoms with Crippen LogP contribution in [0, 0.1) is 0 Å². The van der Waals surface area contributed by atoms with Gasteiger partial charge in [-0.2, -0.15) is 0 Å². The van der Waals surface area contributed by atoms with E-state index < -0.39 is 0 Å². The zero-order valence-corrected chi connectivity index (χ0v) is 77.4. The topological polar surface area (TPSA) is 301 Å². The van der Waals surface area contributed by atoms with Gasteiger partial charge < -0.3 is 83.3 Å². The lowest BCUT2D eigenvalue weighted by molar-refractivity contribution is -0.130. The maximum absolute atomic E-state index is 11.2. The molecule has 0 radical (unpaired) electrons. The molecule has 111 heavy (non-hydrogen) atoms. The monoisotopic (exact) mass is 1600 g/mol. The van der Waals surface area contributed by atoms with E-state index in [2.05, 4.69) is 34.6 Å². The van der Waals surface area contributed by atoms with E-state index in [1.165, 1.54) is 32.1 Å². The molecular weight excluding hydrogens is 1420 g/mol. The normalized spacial score (nSPS) is 10.9. The van der Waals surface area contributed by atoms with E-state index >= 15 is 0 Å². The molecule has 4 unspecified atom stereocenters. The Kier molecular flexibility index (Phi) is 106. The number of hydrogen-bond donors (Lipinski definition) is 3. The minimum Gasteiger partial charge on any atom is -0.396 e. The van der Waals surface area contributed by atoms with Gasteiger partial charge in [-0.1, -0.05) is 92.4 Å². The zero-order valence-electron chi connectivity index (χ0n) is 77.4. The fourth-order valence-corrected chi connectivity index (χ4v) is 8.33. The zero-order chi connectivity index (χ0) is 88.3. The van der Waals surface area contributed by atoms with Gasteiger partial charge in [0.25, 0.3) is 0 Å². The van der Waals surface area contributed by atoms with Gasteiger partial charge in [-0.3, -0.25) is 47.9 Å². The number of unbranched alkanes of at least 4 members (excludes halogenated alkanes) is 12. The number of methoxy groups -OCH3 is 2. The molecule has 0 fully saturated rings. The third kappa shape index (κ3) is 106. The Bertz CT molecular complexity index is 2080. The number of carbonyl (C=O) groups excluding carboxylic acids is 10. The highest BCUT2D eigenvalue weighted by Crippen LogP contribution is 2.11. The van der Waals surface area contributed by atoms with Crippen LogP contribution in [0.1, 0.15) is 281 Å². The minimum atomic E-state index is 0.133. The number of nitrogens with zero attached hydrogens (tertiary/aromatic N) is 10. The van der Waals surface area contributed by atoms with Gasteiger partial charge in [-0.25, -0.2) is 0 Å². The van der Waals surface area contributed by atoms with Crippen molar-refractivity contribution in [3.63, 3.8) is 0 Å². The van der Waals surface area contributed by atoms with Crippen molar-refractivity contribution < 1.29 is 82.2 Å². The lowest BCUT2D eigenvalue weighted by atomic mass is 10.1. The summed E-state index contributed by atoms with van der Waals surface area (Å²) >= 11 is 0. The molecule has 666 valence electrons. The quantitative estimate of drug-likeness (QED) is 0.0477. The maximum atomic E-state index is 11.2. The van der Waals surface area contributed by atoms with E-state index in [9.17, 15) is 47.9 Å². The molecule has 0 heterocycles. The van der Waals surface area contributed by atoms with E-state index in [4.69, 9.17) is 34.3 Å².